The highest BCUT2D eigenvalue weighted by molar-refractivity contribution is 7.88. The van der Waals surface area contributed by atoms with Crippen LogP contribution in [0.1, 0.15) is 37.8 Å². The van der Waals surface area contributed by atoms with E-state index in [0.29, 0.717) is 25.0 Å². The minimum absolute atomic E-state index is 0.345. The third kappa shape index (κ3) is 3.95. The maximum Gasteiger partial charge on any atom is 0.211 e. The largest absolute Gasteiger partial charge is 0.366 e. The number of nitrogens with zero attached hydrogens (tertiary/aromatic N) is 3. The standard InChI is InChI=1S/C15H24N4O2S/c1-22(20,21)19-9-8-12(11-19)10-14-6-7-15(18-17-14)16-13-4-2-3-5-13/h6-7,12-13H,2-5,8-11H2,1H3,(H,16,18)/t12-/m1/s1. The normalized spacial score (nSPS) is 24.0. The Morgan fingerprint density at radius 3 is 2.59 bits per heavy atom. The Morgan fingerprint density at radius 1 is 1.23 bits per heavy atom. The Labute approximate surface area is 132 Å². The van der Waals surface area contributed by atoms with E-state index in [0.717, 1.165) is 24.4 Å². The molecule has 1 atom stereocenters. The third-order valence-corrected chi connectivity index (χ3v) is 5.91. The Morgan fingerprint density at radius 2 is 2.00 bits per heavy atom. The average Bonchev–Trinajstić information content (AvgIpc) is 3.12. The number of hydrogen-bond acceptors (Lipinski definition) is 5. The summed E-state index contributed by atoms with van der Waals surface area (Å²) >= 11 is 0. The second kappa shape index (κ2) is 6.50. The highest BCUT2D eigenvalue weighted by Gasteiger charge is 2.28. The second-order valence-corrected chi connectivity index (χ2v) is 8.50. The molecule has 0 bridgehead atoms. The molecule has 1 N–H and O–H groups in total. The summed E-state index contributed by atoms with van der Waals surface area (Å²) in [5.74, 6) is 1.19. The number of sulfonamides is 1. The van der Waals surface area contributed by atoms with E-state index < -0.39 is 10.0 Å². The van der Waals surface area contributed by atoms with Gasteiger partial charge in [0, 0.05) is 19.1 Å². The van der Waals surface area contributed by atoms with E-state index in [1.165, 1.54) is 31.9 Å². The third-order valence-electron chi connectivity index (χ3n) is 4.64. The summed E-state index contributed by atoms with van der Waals surface area (Å²) in [7, 11) is -3.06. The van der Waals surface area contributed by atoms with Crippen LogP contribution in [0.2, 0.25) is 0 Å². The molecule has 1 aliphatic heterocycles. The van der Waals surface area contributed by atoms with Crippen molar-refractivity contribution in [1.82, 2.24) is 14.5 Å². The number of rotatable bonds is 5. The predicted molar refractivity (Wildman–Crippen MR) is 86.1 cm³/mol. The minimum atomic E-state index is -3.06. The van der Waals surface area contributed by atoms with Gasteiger partial charge in [0.1, 0.15) is 5.82 Å². The summed E-state index contributed by atoms with van der Waals surface area (Å²) in [6, 6.07) is 4.54. The highest BCUT2D eigenvalue weighted by atomic mass is 32.2. The van der Waals surface area contributed by atoms with Gasteiger partial charge < -0.3 is 5.32 Å². The van der Waals surface area contributed by atoms with Crippen molar-refractivity contribution in [2.45, 2.75) is 44.6 Å². The lowest BCUT2D eigenvalue weighted by Gasteiger charge is -2.14. The van der Waals surface area contributed by atoms with Crippen molar-refractivity contribution < 1.29 is 8.42 Å². The van der Waals surface area contributed by atoms with E-state index >= 15 is 0 Å². The van der Waals surface area contributed by atoms with Crippen LogP contribution in [0.15, 0.2) is 12.1 Å². The Hall–Kier alpha value is -1.21. The van der Waals surface area contributed by atoms with Gasteiger partial charge in [-0.2, -0.15) is 5.10 Å². The van der Waals surface area contributed by atoms with Crippen LogP contribution in [0.5, 0.6) is 0 Å². The van der Waals surface area contributed by atoms with Gasteiger partial charge in [-0.3, -0.25) is 0 Å². The first-order valence-corrected chi connectivity index (χ1v) is 9.90. The molecule has 2 heterocycles. The van der Waals surface area contributed by atoms with E-state index in [-0.39, 0.29) is 0 Å². The average molecular weight is 324 g/mol. The van der Waals surface area contributed by atoms with E-state index in [9.17, 15) is 8.42 Å². The van der Waals surface area contributed by atoms with Gasteiger partial charge in [0.2, 0.25) is 10.0 Å². The van der Waals surface area contributed by atoms with Crippen molar-refractivity contribution in [3.63, 3.8) is 0 Å². The molecular weight excluding hydrogens is 300 g/mol. The van der Waals surface area contributed by atoms with Gasteiger partial charge in [0.05, 0.1) is 11.9 Å². The van der Waals surface area contributed by atoms with Crippen molar-refractivity contribution in [2.75, 3.05) is 24.7 Å². The summed E-state index contributed by atoms with van der Waals surface area (Å²) in [4.78, 5) is 0. The fourth-order valence-corrected chi connectivity index (χ4v) is 4.30. The molecular formula is C15H24N4O2S. The Bertz CT molecular complexity index is 596. The monoisotopic (exact) mass is 324 g/mol. The van der Waals surface area contributed by atoms with Gasteiger partial charge in [-0.05, 0) is 43.7 Å². The number of nitrogens with one attached hydrogen (secondary N) is 1. The molecule has 0 unspecified atom stereocenters. The SMILES string of the molecule is CS(=O)(=O)N1CC[C@H](Cc2ccc(NC3CCCC3)nn2)C1. The zero-order valence-corrected chi connectivity index (χ0v) is 13.8. The molecule has 6 nitrogen and oxygen atoms in total. The molecule has 2 fully saturated rings. The lowest BCUT2D eigenvalue weighted by Crippen LogP contribution is -2.27. The molecule has 1 saturated heterocycles. The van der Waals surface area contributed by atoms with Gasteiger partial charge in [-0.1, -0.05) is 12.8 Å². The summed E-state index contributed by atoms with van der Waals surface area (Å²) < 4.78 is 24.6. The molecule has 1 aromatic rings. The zero-order chi connectivity index (χ0) is 15.6. The summed E-state index contributed by atoms with van der Waals surface area (Å²) in [6.45, 7) is 1.22. The molecule has 2 aliphatic rings. The van der Waals surface area contributed by atoms with Crippen molar-refractivity contribution in [1.29, 1.82) is 0 Å². The molecule has 7 heteroatoms. The van der Waals surface area contributed by atoms with Gasteiger partial charge in [-0.25, -0.2) is 12.7 Å². The predicted octanol–water partition coefficient (Wildman–Crippen LogP) is 1.66. The molecule has 122 valence electrons. The Kier molecular flexibility index (Phi) is 4.63. The van der Waals surface area contributed by atoms with Crippen LogP contribution < -0.4 is 5.32 Å². The topological polar surface area (TPSA) is 75.2 Å². The minimum Gasteiger partial charge on any atom is -0.366 e. The van der Waals surface area contributed by atoms with Crippen LogP contribution in [0.4, 0.5) is 5.82 Å². The maximum atomic E-state index is 11.5. The van der Waals surface area contributed by atoms with Crippen LogP contribution >= 0.6 is 0 Å². The van der Waals surface area contributed by atoms with Gasteiger partial charge >= 0.3 is 0 Å². The van der Waals surface area contributed by atoms with E-state index in [1.807, 2.05) is 12.1 Å². The van der Waals surface area contributed by atoms with Crippen molar-refractivity contribution in [3.8, 4) is 0 Å². The molecule has 22 heavy (non-hydrogen) atoms. The summed E-state index contributed by atoms with van der Waals surface area (Å²) in [6.07, 6.45) is 7.99. The smallest absolute Gasteiger partial charge is 0.211 e. The molecule has 0 aromatic carbocycles. The summed E-state index contributed by atoms with van der Waals surface area (Å²) in [5.41, 5.74) is 0.942. The lowest BCUT2D eigenvalue weighted by atomic mass is 10.0. The molecule has 1 saturated carbocycles. The fourth-order valence-electron chi connectivity index (χ4n) is 3.39. The first-order valence-electron chi connectivity index (χ1n) is 8.05. The van der Waals surface area contributed by atoms with E-state index in [1.54, 1.807) is 4.31 Å². The quantitative estimate of drug-likeness (QED) is 0.891. The molecule has 1 aliphatic carbocycles. The molecule has 0 spiro atoms. The summed E-state index contributed by atoms with van der Waals surface area (Å²) in [5, 5.41) is 12.0. The van der Waals surface area contributed by atoms with Crippen LogP contribution in [-0.2, 0) is 16.4 Å². The maximum absolute atomic E-state index is 11.5. The number of anilines is 1. The second-order valence-electron chi connectivity index (χ2n) is 6.52. The van der Waals surface area contributed by atoms with Crippen LogP contribution in [0, 0.1) is 5.92 Å². The molecule has 0 radical (unpaired) electrons. The number of hydrogen-bond donors (Lipinski definition) is 1. The fraction of sp³-hybridized carbons (Fsp3) is 0.733. The van der Waals surface area contributed by atoms with E-state index in [2.05, 4.69) is 15.5 Å². The Balaban J connectivity index is 1.53. The first-order chi connectivity index (χ1) is 10.5. The van der Waals surface area contributed by atoms with Crippen LogP contribution in [-0.4, -0.2) is 48.3 Å². The zero-order valence-electron chi connectivity index (χ0n) is 13.0. The number of aromatic nitrogens is 2. The molecule has 3 rings (SSSR count). The molecule has 0 amide bonds. The van der Waals surface area contributed by atoms with Crippen LogP contribution in [0.3, 0.4) is 0 Å². The molecule has 1 aromatic heterocycles. The van der Waals surface area contributed by atoms with Crippen molar-refractivity contribution in [3.05, 3.63) is 17.8 Å². The van der Waals surface area contributed by atoms with E-state index in [4.69, 9.17) is 0 Å². The van der Waals surface area contributed by atoms with Crippen LogP contribution in [0.25, 0.3) is 0 Å². The van der Waals surface area contributed by atoms with Crippen molar-refractivity contribution >= 4 is 15.8 Å². The van der Waals surface area contributed by atoms with Gasteiger partial charge in [0.25, 0.3) is 0 Å². The van der Waals surface area contributed by atoms with Gasteiger partial charge in [-0.15, -0.1) is 5.10 Å². The van der Waals surface area contributed by atoms with Gasteiger partial charge in [0.15, 0.2) is 0 Å². The van der Waals surface area contributed by atoms with Crippen molar-refractivity contribution in [2.24, 2.45) is 5.92 Å². The first kappa shape index (κ1) is 15.7. The highest BCUT2D eigenvalue weighted by Crippen LogP contribution is 2.23. The lowest BCUT2D eigenvalue weighted by molar-refractivity contribution is 0.458.